The number of rotatable bonds is 5. The Bertz CT molecular complexity index is 1170. The first-order chi connectivity index (χ1) is 18.2. The van der Waals surface area contributed by atoms with Gasteiger partial charge in [-0.3, -0.25) is 14.5 Å². The van der Waals surface area contributed by atoms with E-state index in [0.717, 1.165) is 49.0 Å². The van der Waals surface area contributed by atoms with Crippen LogP contribution in [0.2, 0.25) is 0 Å². The van der Waals surface area contributed by atoms with Crippen molar-refractivity contribution in [3.63, 3.8) is 0 Å². The van der Waals surface area contributed by atoms with Crippen LogP contribution in [-0.4, -0.2) is 74.5 Å². The molecule has 206 valence electrons. The number of amides is 2. The molecule has 3 heterocycles. The Morgan fingerprint density at radius 2 is 1.95 bits per heavy atom. The highest BCUT2D eigenvalue weighted by Crippen LogP contribution is 2.27. The van der Waals surface area contributed by atoms with Crippen molar-refractivity contribution in [2.75, 3.05) is 20.1 Å². The normalized spacial score (nSPS) is 26.6. The second-order valence-electron chi connectivity index (χ2n) is 11.0. The lowest BCUT2D eigenvalue weighted by Crippen LogP contribution is -2.52. The molecule has 2 aliphatic heterocycles. The van der Waals surface area contributed by atoms with E-state index in [9.17, 15) is 19.5 Å². The summed E-state index contributed by atoms with van der Waals surface area (Å²) in [6, 6.07) is 6.37. The third-order valence-corrected chi connectivity index (χ3v) is 7.91. The number of carbonyl (C=O) groups excluding carboxylic acids is 2. The van der Waals surface area contributed by atoms with Crippen LogP contribution in [0.3, 0.4) is 0 Å². The number of nitrogens with zero attached hydrogens (tertiary/aromatic N) is 4. The zero-order valence-electron chi connectivity index (χ0n) is 22.8. The highest BCUT2D eigenvalue weighted by atomic mass is 16.4. The van der Waals surface area contributed by atoms with Gasteiger partial charge in [0, 0.05) is 32.5 Å². The number of hydrogen-bond donors (Lipinski definition) is 2. The summed E-state index contributed by atoms with van der Waals surface area (Å²) in [5.41, 5.74) is 2.05. The van der Waals surface area contributed by atoms with Crippen LogP contribution in [0.4, 0.5) is 0 Å². The fraction of sp³-hybridized carbons (Fsp3) is 0.586. The quantitative estimate of drug-likeness (QED) is 0.582. The molecule has 1 saturated heterocycles. The first kappa shape index (κ1) is 27.8. The molecular formula is C29H41N5O4. The number of fused-ring (bicyclic) bond motifs is 2. The van der Waals surface area contributed by atoms with Gasteiger partial charge in [0.2, 0.25) is 11.8 Å². The van der Waals surface area contributed by atoms with E-state index >= 15 is 0 Å². The standard InChI is InChI=1S/C29H41N5O4/c1-20-12-8-6-4-5-7-9-15-26(35)34-18-21(16-24(34)28(36)31-27(20)29(37)38)17-32(2)19-25-30-22-13-10-11-14-23(22)33(25)3/h8,10-14,20-21,24,27H,4-7,9,15-19H2,1-3H3,(H,31,36)(H,37,38)/b12-8-/t20-,21-,24-,27?/m0/s1. The molecule has 0 radical (unpaired) electrons. The van der Waals surface area contributed by atoms with Gasteiger partial charge in [0.15, 0.2) is 0 Å². The van der Waals surface area contributed by atoms with Crippen molar-refractivity contribution in [1.82, 2.24) is 24.7 Å². The monoisotopic (exact) mass is 523 g/mol. The van der Waals surface area contributed by atoms with E-state index in [4.69, 9.17) is 4.98 Å². The van der Waals surface area contributed by atoms with Gasteiger partial charge < -0.3 is 19.9 Å². The molecule has 1 aromatic carbocycles. The molecule has 9 heteroatoms. The molecule has 1 unspecified atom stereocenters. The second kappa shape index (κ2) is 12.6. The van der Waals surface area contributed by atoms with Crippen LogP contribution in [0.5, 0.6) is 0 Å². The number of imidazole rings is 1. The van der Waals surface area contributed by atoms with Gasteiger partial charge in [0.1, 0.15) is 17.9 Å². The molecule has 1 fully saturated rings. The Morgan fingerprint density at radius 3 is 2.71 bits per heavy atom. The fourth-order valence-corrected chi connectivity index (χ4v) is 5.79. The molecule has 4 rings (SSSR count). The predicted molar refractivity (Wildman–Crippen MR) is 146 cm³/mol. The number of aryl methyl sites for hydroxylation is 1. The zero-order chi connectivity index (χ0) is 27.2. The topological polar surface area (TPSA) is 108 Å². The van der Waals surface area contributed by atoms with E-state index in [2.05, 4.69) is 20.9 Å². The first-order valence-corrected chi connectivity index (χ1v) is 13.8. The molecule has 1 aromatic heterocycles. The Morgan fingerprint density at radius 1 is 1.18 bits per heavy atom. The van der Waals surface area contributed by atoms with Crippen molar-refractivity contribution in [1.29, 1.82) is 0 Å². The van der Waals surface area contributed by atoms with Crippen LogP contribution in [0.15, 0.2) is 36.4 Å². The van der Waals surface area contributed by atoms with E-state index in [-0.39, 0.29) is 23.7 Å². The lowest BCUT2D eigenvalue weighted by atomic mass is 9.99. The molecule has 4 atom stereocenters. The summed E-state index contributed by atoms with van der Waals surface area (Å²) in [6.07, 6.45) is 9.52. The summed E-state index contributed by atoms with van der Waals surface area (Å²) < 4.78 is 2.10. The molecule has 2 aliphatic rings. The number of para-hydroxylation sites is 2. The van der Waals surface area contributed by atoms with Gasteiger partial charge in [-0.15, -0.1) is 0 Å². The number of aliphatic carboxylic acids is 1. The van der Waals surface area contributed by atoms with Crippen molar-refractivity contribution in [3.8, 4) is 0 Å². The summed E-state index contributed by atoms with van der Waals surface area (Å²) in [7, 11) is 4.05. The lowest BCUT2D eigenvalue weighted by Gasteiger charge is -2.26. The van der Waals surface area contributed by atoms with E-state index < -0.39 is 18.1 Å². The molecule has 2 N–H and O–H groups in total. The Hall–Kier alpha value is -3.20. The van der Waals surface area contributed by atoms with Crippen molar-refractivity contribution < 1.29 is 19.5 Å². The Balaban J connectivity index is 1.47. The van der Waals surface area contributed by atoms with E-state index in [1.165, 1.54) is 0 Å². The van der Waals surface area contributed by atoms with Gasteiger partial charge in [-0.2, -0.15) is 0 Å². The second-order valence-corrected chi connectivity index (χ2v) is 11.0. The third-order valence-electron chi connectivity index (χ3n) is 7.91. The smallest absolute Gasteiger partial charge is 0.326 e. The number of hydrogen-bond acceptors (Lipinski definition) is 5. The molecule has 0 saturated carbocycles. The number of aromatic nitrogens is 2. The average molecular weight is 524 g/mol. The van der Waals surface area contributed by atoms with Gasteiger partial charge >= 0.3 is 5.97 Å². The third kappa shape index (κ3) is 6.62. The molecule has 0 spiro atoms. The van der Waals surface area contributed by atoms with Crippen molar-refractivity contribution in [3.05, 3.63) is 42.2 Å². The van der Waals surface area contributed by atoms with Crippen LogP contribution in [0.1, 0.15) is 57.7 Å². The molecule has 2 amide bonds. The van der Waals surface area contributed by atoms with Gasteiger partial charge in [-0.1, -0.05) is 44.1 Å². The van der Waals surface area contributed by atoms with Crippen LogP contribution >= 0.6 is 0 Å². The van der Waals surface area contributed by atoms with Crippen molar-refractivity contribution in [2.45, 2.75) is 70.5 Å². The molecule has 2 aromatic rings. The highest BCUT2D eigenvalue weighted by Gasteiger charge is 2.41. The molecule has 9 nitrogen and oxygen atoms in total. The number of carboxylic acids is 1. The summed E-state index contributed by atoms with van der Waals surface area (Å²) >= 11 is 0. The van der Waals surface area contributed by atoms with Gasteiger partial charge in [0.25, 0.3) is 0 Å². The Kier molecular flexibility index (Phi) is 9.20. The van der Waals surface area contributed by atoms with Gasteiger partial charge in [-0.05, 0) is 50.8 Å². The largest absolute Gasteiger partial charge is 0.480 e. The van der Waals surface area contributed by atoms with Gasteiger partial charge in [-0.25, -0.2) is 9.78 Å². The fourth-order valence-electron chi connectivity index (χ4n) is 5.79. The summed E-state index contributed by atoms with van der Waals surface area (Å²) in [4.78, 5) is 47.3. The van der Waals surface area contributed by atoms with Crippen LogP contribution in [0.25, 0.3) is 11.0 Å². The molecular weight excluding hydrogens is 482 g/mol. The number of allylic oxidation sites excluding steroid dienone is 1. The van der Waals surface area contributed by atoms with Crippen LogP contribution < -0.4 is 5.32 Å². The minimum atomic E-state index is -1.06. The minimum absolute atomic E-state index is 0.0152. The van der Waals surface area contributed by atoms with Gasteiger partial charge in [0.05, 0.1) is 17.6 Å². The average Bonchev–Trinajstić information content (AvgIpc) is 3.44. The SMILES string of the molecule is C[C@H]1/C=C\CCCCCCC(=O)N2C[C@H](CN(C)Cc3nc4ccccc4n3C)C[C@H]2C(=O)NC1C(=O)O. The maximum atomic E-state index is 13.4. The van der Waals surface area contributed by atoms with E-state index in [1.54, 1.807) is 4.90 Å². The molecule has 38 heavy (non-hydrogen) atoms. The highest BCUT2D eigenvalue weighted by molar-refractivity contribution is 5.91. The summed E-state index contributed by atoms with van der Waals surface area (Å²) in [5, 5.41) is 12.6. The van der Waals surface area contributed by atoms with E-state index in [0.29, 0.717) is 32.5 Å². The summed E-state index contributed by atoms with van der Waals surface area (Å²) in [5.74, 6) is -0.729. The molecule has 0 aliphatic carbocycles. The number of nitrogens with one attached hydrogen (secondary N) is 1. The maximum Gasteiger partial charge on any atom is 0.326 e. The number of benzene rings is 1. The maximum absolute atomic E-state index is 13.4. The number of carbonyl (C=O) groups is 3. The summed E-state index contributed by atoms with van der Waals surface area (Å²) in [6.45, 7) is 3.66. The van der Waals surface area contributed by atoms with Crippen molar-refractivity contribution >= 4 is 28.8 Å². The van der Waals surface area contributed by atoms with E-state index in [1.807, 2.05) is 51.4 Å². The number of carboxylic acid groups (broad SMARTS) is 1. The Labute approximate surface area is 224 Å². The van der Waals surface area contributed by atoms with Crippen molar-refractivity contribution in [2.24, 2.45) is 18.9 Å². The first-order valence-electron chi connectivity index (χ1n) is 13.8. The zero-order valence-corrected chi connectivity index (χ0v) is 22.8. The lowest BCUT2D eigenvalue weighted by molar-refractivity contribution is -0.144. The van der Waals surface area contributed by atoms with Crippen LogP contribution in [-0.2, 0) is 28.0 Å². The minimum Gasteiger partial charge on any atom is -0.480 e. The molecule has 0 bridgehead atoms. The predicted octanol–water partition coefficient (Wildman–Crippen LogP) is 3.34. The van der Waals surface area contributed by atoms with Crippen LogP contribution in [0, 0.1) is 11.8 Å².